The summed E-state index contributed by atoms with van der Waals surface area (Å²) in [6, 6.07) is 3.82. The number of carbonyl (C=O) groups excluding carboxylic acids is 1. The van der Waals surface area contributed by atoms with Crippen molar-refractivity contribution in [2.75, 3.05) is 14.2 Å². The molecule has 1 rings (SSSR count). The van der Waals surface area contributed by atoms with Crippen LogP contribution >= 0.6 is 15.9 Å². The van der Waals surface area contributed by atoms with Gasteiger partial charge in [0.25, 0.3) is 0 Å². The Morgan fingerprint density at radius 1 is 1.27 bits per heavy atom. The molecular formula is C17H26BrNO3. The third-order valence-corrected chi connectivity index (χ3v) is 4.32. The summed E-state index contributed by atoms with van der Waals surface area (Å²) >= 11 is 3.47. The first-order valence-corrected chi connectivity index (χ1v) is 8.54. The lowest BCUT2D eigenvalue weighted by molar-refractivity contribution is -0.125. The van der Waals surface area contributed by atoms with E-state index in [0.29, 0.717) is 18.0 Å². The van der Waals surface area contributed by atoms with Gasteiger partial charge in [-0.05, 0) is 46.5 Å². The Labute approximate surface area is 141 Å². The van der Waals surface area contributed by atoms with Crippen molar-refractivity contribution in [1.29, 1.82) is 0 Å². The van der Waals surface area contributed by atoms with Crippen molar-refractivity contribution >= 4 is 21.8 Å². The van der Waals surface area contributed by atoms with Crippen LogP contribution in [0, 0.1) is 5.92 Å². The van der Waals surface area contributed by atoms with Crippen LogP contribution in [0.15, 0.2) is 16.6 Å². The molecule has 124 valence electrons. The smallest absolute Gasteiger partial charge is 0.223 e. The lowest BCUT2D eigenvalue weighted by Gasteiger charge is -2.16. The van der Waals surface area contributed by atoms with Crippen LogP contribution in [-0.4, -0.2) is 20.1 Å². The van der Waals surface area contributed by atoms with Crippen LogP contribution in [-0.2, 0) is 11.3 Å². The second-order valence-corrected chi connectivity index (χ2v) is 6.13. The molecule has 0 fully saturated rings. The van der Waals surface area contributed by atoms with Crippen LogP contribution in [0.4, 0.5) is 0 Å². The normalized spacial score (nSPS) is 11.9. The fourth-order valence-electron chi connectivity index (χ4n) is 2.38. The monoisotopic (exact) mass is 371 g/mol. The maximum Gasteiger partial charge on any atom is 0.223 e. The van der Waals surface area contributed by atoms with Crippen LogP contribution < -0.4 is 14.8 Å². The van der Waals surface area contributed by atoms with E-state index in [1.165, 1.54) is 0 Å². The average molecular weight is 372 g/mol. The highest BCUT2D eigenvalue weighted by atomic mass is 79.9. The molecule has 0 aromatic heterocycles. The van der Waals surface area contributed by atoms with Crippen molar-refractivity contribution < 1.29 is 14.3 Å². The van der Waals surface area contributed by atoms with Crippen LogP contribution in [0.5, 0.6) is 11.5 Å². The maximum atomic E-state index is 12.2. The number of carbonyl (C=O) groups is 1. The predicted octanol–water partition coefficient (Wildman–Crippen LogP) is 4.30. The summed E-state index contributed by atoms with van der Waals surface area (Å²) in [5, 5.41) is 3.02. The minimum absolute atomic E-state index is 0.100. The number of rotatable bonds is 9. The first kappa shape index (κ1) is 18.8. The Morgan fingerprint density at radius 3 is 2.55 bits per heavy atom. The van der Waals surface area contributed by atoms with Crippen LogP contribution in [0.3, 0.4) is 0 Å². The second-order valence-electron chi connectivity index (χ2n) is 5.28. The molecule has 0 radical (unpaired) electrons. The third-order valence-electron chi connectivity index (χ3n) is 3.73. The summed E-state index contributed by atoms with van der Waals surface area (Å²) in [6.45, 7) is 4.69. The quantitative estimate of drug-likeness (QED) is 0.703. The average Bonchev–Trinajstić information content (AvgIpc) is 2.52. The number of halogens is 1. The lowest BCUT2D eigenvalue weighted by Crippen LogP contribution is -2.30. The molecule has 0 aliphatic heterocycles. The van der Waals surface area contributed by atoms with Gasteiger partial charge in [0.05, 0.1) is 18.7 Å². The van der Waals surface area contributed by atoms with E-state index in [0.717, 1.165) is 35.7 Å². The van der Waals surface area contributed by atoms with Gasteiger partial charge in [-0.25, -0.2) is 0 Å². The molecule has 4 nitrogen and oxygen atoms in total. The summed E-state index contributed by atoms with van der Waals surface area (Å²) in [5.74, 6) is 1.54. The van der Waals surface area contributed by atoms with E-state index in [2.05, 4.69) is 35.1 Å². The molecule has 0 spiro atoms. The van der Waals surface area contributed by atoms with Gasteiger partial charge in [-0.15, -0.1) is 0 Å². The van der Waals surface area contributed by atoms with E-state index < -0.39 is 0 Å². The summed E-state index contributed by atoms with van der Waals surface area (Å²) in [7, 11) is 3.20. The molecule has 22 heavy (non-hydrogen) atoms. The number of benzene rings is 1. The molecule has 0 aliphatic carbocycles. The highest BCUT2D eigenvalue weighted by Crippen LogP contribution is 2.36. The fraction of sp³-hybridized carbons (Fsp3) is 0.588. The number of ether oxygens (including phenoxy) is 2. The Bertz CT molecular complexity index is 491. The Kier molecular flexibility index (Phi) is 8.31. The topological polar surface area (TPSA) is 47.6 Å². The predicted molar refractivity (Wildman–Crippen MR) is 92.4 cm³/mol. The molecule has 5 heteroatoms. The molecular weight excluding hydrogens is 346 g/mol. The van der Waals surface area contributed by atoms with E-state index in [4.69, 9.17) is 9.47 Å². The first-order valence-electron chi connectivity index (χ1n) is 7.75. The van der Waals surface area contributed by atoms with Gasteiger partial charge in [-0.3, -0.25) is 4.79 Å². The highest BCUT2D eigenvalue weighted by Gasteiger charge is 2.16. The Morgan fingerprint density at radius 2 is 2.00 bits per heavy atom. The summed E-state index contributed by atoms with van der Waals surface area (Å²) in [5.41, 5.74) is 0.975. The van der Waals surface area contributed by atoms with Gasteiger partial charge in [0.15, 0.2) is 11.5 Å². The van der Waals surface area contributed by atoms with E-state index in [-0.39, 0.29) is 11.8 Å². The first-order chi connectivity index (χ1) is 10.6. The summed E-state index contributed by atoms with van der Waals surface area (Å²) < 4.78 is 11.4. The largest absolute Gasteiger partial charge is 0.493 e. The molecule has 1 N–H and O–H groups in total. The van der Waals surface area contributed by atoms with Crippen molar-refractivity contribution in [2.45, 2.75) is 46.1 Å². The van der Waals surface area contributed by atoms with E-state index >= 15 is 0 Å². The van der Waals surface area contributed by atoms with Crippen molar-refractivity contribution in [3.8, 4) is 11.5 Å². The van der Waals surface area contributed by atoms with Gasteiger partial charge in [-0.2, -0.15) is 0 Å². The van der Waals surface area contributed by atoms with Gasteiger partial charge >= 0.3 is 0 Å². The molecule has 0 bridgehead atoms. The zero-order valence-corrected chi connectivity index (χ0v) is 15.5. The van der Waals surface area contributed by atoms with Crippen molar-refractivity contribution in [3.05, 3.63) is 22.2 Å². The fourth-order valence-corrected chi connectivity index (χ4v) is 3.03. The molecule has 1 aromatic rings. The number of hydrogen-bond donors (Lipinski definition) is 1. The minimum Gasteiger partial charge on any atom is -0.493 e. The van der Waals surface area contributed by atoms with Crippen molar-refractivity contribution in [3.63, 3.8) is 0 Å². The van der Waals surface area contributed by atoms with Crippen LogP contribution in [0.1, 0.15) is 45.1 Å². The zero-order chi connectivity index (χ0) is 16.5. The molecule has 1 amide bonds. The van der Waals surface area contributed by atoms with E-state index in [9.17, 15) is 4.79 Å². The maximum absolute atomic E-state index is 12.2. The SMILES string of the molecule is CCCCC(CC)C(=O)NCc1cc(Br)c(OC)c(OC)c1. The molecule has 0 aliphatic rings. The molecule has 1 unspecified atom stereocenters. The number of nitrogens with one attached hydrogen (secondary N) is 1. The Balaban J connectivity index is 2.71. The van der Waals surface area contributed by atoms with Crippen LogP contribution in [0.25, 0.3) is 0 Å². The third kappa shape index (κ3) is 5.20. The minimum atomic E-state index is 0.100. The summed E-state index contributed by atoms with van der Waals surface area (Å²) in [4.78, 5) is 12.2. The van der Waals surface area contributed by atoms with Crippen LogP contribution in [0.2, 0.25) is 0 Å². The number of unbranched alkanes of at least 4 members (excludes halogenated alkanes) is 1. The van der Waals surface area contributed by atoms with Gasteiger partial charge < -0.3 is 14.8 Å². The number of amides is 1. The van der Waals surface area contributed by atoms with Gasteiger partial charge in [0.2, 0.25) is 5.91 Å². The molecule has 1 aromatic carbocycles. The van der Waals surface area contributed by atoms with E-state index in [1.807, 2.05) is 12.1 Å². The second kappa shape index (κ2) is 9.72. The molecule has 0 saturated carbocycles. The molecule has 0 saturated heterocycles. The number of hydrogen-bond acceptors (Lipinski definition) is 3. The Hall–Kier alpha value is -1.23. The molecule has 0 heterocycles. The van der Waals surface area contributed by atoms with Crippen molar-refractivity contribution in [2.24, 2.45) is 5.92 Å². The van der Waals surface area contributed by atoms with E-state index in [1.54, 1.807) is 14.2 Å². The molecule has 1 atom stereocenters. The van der Waals surface area contributed by atoms with Crippen molar-refractivity contribution in [1.82, 2.24) is 5.32 Å². The lowest BCUT2D eigenvalue weighted by atomic mass is 9.98. The van der Waals surface area contributed by atoms with Gasteiger partial charge in [0, 0.05) is 12.5 Å². The standard InChI is InChI=1S/C17H26BrNO3/c1-5-7-8-13(6-2)17(20)19-11-12-9-14(18)16(22-4)15(10-12)21-3/h9-10,13H,5-8,11H2,1-4H3,(H,19,20). The zero-order valence-electron chi connectivity index (χ0n) is 13.9. The van der Waals surface area contributed by atoms with Gasteiger partial charge in [-0.1, -0.05) is 26.7 Å². The summed E-state index contributed by atoms with van der Waals surface area (Å²) in [6.07, 6.45) is 4.04. The highest BCUT2D eigenvalue weighted by molar-refractivity contribution is 9.10. The number of methoxy groups -OCH3 is 2. The van der Waals surface area contributed by atoms with Gasteiger partial charge in [0.1, 0.15) is 0 Å².